The molecule has 112 valence electrons. The molecule has 0 aromatic heterocycles. The molecule has 1 fully saturated rings. The molecule has 0 radical (unpaired) electrons. The second-order valence-electron chi connectivity index (χ2n) is 6.56. The lowest BCUT2D eigenvalue weighted by atomic mass is 9.89. The van der Waals surface area contributed by atoms with Crippen LogP contribution in [0.1, 0.15) is 45.1 Å². The highest BCUT2D eigenvalue weighted by Crippen LogP contribution is 2.30. The van der Waals surface area contributed by atoms with E-state index >= 15 is 0 Å². The van der Waals surface area contributed by atoms with Gasteiger partial charge in [0.25, 0.3) is 0 Å². The number of benzene rings is 1. The van der Waals surface area contributed by atoms with Crippen molar-refractivity contribution in [1.29, 1.82) is 0 Å². The van der Waals surface area contributed by atoms with Gasteiger partial charge in [0, 0.05) is 13.2 Å². The van der Waals surface area contributed by atoms with E-state index in [0.29, 0.717) is 17.9 Å². The fourth-order valence-corrected chi connectivity index (χ4v) is 3.01. The van der Waals surface area contributed by atoms with Crippen LogP contribution in [0.3, 0.4) is 0 Å². The van der Waals surface area contributed by atoms with Gasteiger partial charge in [-0.15, -0.1) is 0 Å². The van der Waals surface area contributed by atoms with Gasteiger partial charge in [0.1, 0.15) is 0 Å². The number of ether oxygens (including phenoxy) is 1. The Morgan fingerprint density at radius 2 is 1.95 bits per heavy atom. The SMILES string of the molecule is CC(C)CNCC1CCOC1CC(C)c1ccccc1. The van der Waals surface area contributed by atoms with Gasteiger partial charge in [-0.3, -0.25) is 0 Å². The van der Waals surface area contributed by atoms with Crippen LogP contribution in [-0.4, -0.2) is 25.8 Å². The zero-order valence-electron chi connectivity index (χ0n) is 13.1. The van der Waals surface area contributed by atoms with E-state index in [-0.39, 0.29) is 0 Å². The van der Waals surface area contributed by atoms with Gasteiger partial charge < -0.3 is 10.1 Å². The molecule has 2 rings (SSSR count). The fourth-order valence-electron chi connectivity index (χ4n) is 3.01. The molecule has 0 spiro atoms. The Hall–Kier alpha value is -0.860. The largest absolute Gasteiger partial charge is 0.378 e. The van der Waals surface area contributed by atoms with Crippen LogP contribution in [0.4, 0.5) is 0 Å². The lowest BCUT2D eigenvalue weighted by Crippen LogP contribution is -2.31. The van der Waals surface area contributed by atoms with E-state index in [1.165, 1.54) is 12.0 Å². The van der Waals surface area contributed by atoms with E-state index < -0.39 is 0 Å². The summed E-state index contributed by atoms with van der Waals surface area (Å²) in [5, 5.41) is 3.59. The van der Waals surface area contributed by atoms with Gasteiger partial charge in [-0.2, -0.15) is 0 Å². The molecule has 1 aliphatic heterocycles. The average molecular weight is 275 g/mol. The lowest BCUT2D eigenvalue weighted by Gasteiger charge is -2.23. The molecule has 2 heteroatoms. The van der Waals surface area contributed by atoms with E-state index in [2.05, 4.69) is 56.4 Å². The minimum Gasteiger partial charge on any atom is -0.378 e. The van der Waals surface area contributed by atoms with Crippen LogP contribution in [0.5, 0.6) is 0 Å². The molecular formula is C18H29NO. The number of rotatable bonds is 7. The topological polar surface area (TPSA) is 21.3 Å². The predicted octanol–water partition coefficient (Wildman–Crippen LogP) is 3.83. The Morgan fingerprint density at radius 3 is 2.65 bits per heavy atom. The molecule has 1 N–H and O–H groups in total. The molecule has 3 atom stereocenters. The predicted molar refractivity (Wildman–Crippen MR) is 85.0 cm³/mol. The fraction of sp³-hybridized carbons (Fsp3) is 0.667. The highest BCUT2D eigenvalue weighted by atomic mass is 16.5. The van der Waals surface area contributed by atoms with Crippen LogP contribution in [0.15, 0.2) is 30.3 Å². The zero-order valence-corrected chi connectivity index (χ0v) is 13.1. The Labute approximate surface area is 123 Å². The van der Waals surface area contributed by atoms with E-state index in [1.54, 1.807) is 0 Å². The number of nitrogens with one attached hydrogen (secondary N) is 1. The average Bonchev–Trinajstić information content (AvgIpc) is 2.87. The van der Waals surface area contributed by atoms with Gasteiger partial charge in [0.2, 0.25) is 0 Å². The summed E-state index contributed by atoms with van der Waals surface area (Å²) in [5.41, 5.74) is 1.43. The molecule has 1 saturated heterocycles. The van der Waals surface area contributed by atoms with E-state index in [4.69, 9.17) is 4.74 Å². The molecule has 1 heterocycles. The number of hydrogen-bond donors (Lipinski definition) is 1. The molecule has 1 aliphatic rings. The third kappa shape index (κ3) is 4.60. The van der Waals surface area contributed by atoms with Gasteiger partial charge in [0.05, 0.1) is 6.10 Å². The quantitative estimate of drug-likeness (QED) is 0.816. The summed E-state index contributed by atoms with van der Waals surface area (Å²) in [6.45, 7) is 9.97. The first-order chi connectivity index (χ1) is 9.66. The first-order valence-electron chi connectivity index (χ1n) is 8.04. The third-order valence-electron chi connectivity index (χ3n) is 4.26. The summed E-state index contributed by atoms with van der Waals surface area (Å²) in [7, 11) is 0. The summed E-state index contributed by atoms with van der Waals surface area (Å²) in [4.78, 5) is 0. The van der Waals surface area contributed by atoms with Crippen molar-refractivity contribution in [3.63, 3.8) is 0 Å². The molecular weight excluding hydrogens is 246 g/mol. The Morgan fingerprint density at radius 1 is 1.20 bits per heavy atom. The summed E-state index contributed by atoms with van der Waals surface area (Å²) >= 11 is 0. The Bertz CT molecular complexity index is 376. The van der Waals surface area contributed by atoms with Crippen LogP contribution < -0.4 is 5.32 Å². The molecule has 0 bridgehead atoms. The highest BCUT2D eigenvalue weighted by molar-refractivity contribution is 5.18. The van der Waals surface area contributed by atoms with E-state index in [0.717, 1.165) is 32.0 Å². The molecule has 1 aromatic rings. The van der Waals surface area contributed by atoms with Crippen molar-refractivity contribution < 1.29 is 4.74 Å². The van der Waals surface area contributed by atoms with Crippen molar-refractivity contribution in [2.45, 2.75) is 45.6 Å². The van der Waals surface area contributed by atoms with Gasteiger partial charge in [-0.1, -0.05) is 51.1 Å². The van der Waals surface area contributed by atoms with Gasteiger partial charge in [-0.25, -0.2) is 0 Å². The van der Waals surface area contributed by atoms with Gasteiger partial charge >= 0.3 is 0 Å². The Balaban J connectivity index is 1.81. The van der Waals surface area contributed by atoms with Crippen molar-refractivity contribution in [1.82, 2.24) is 5.32 Å². The molecule has 3 unspecified atom stereocenters. The summed E-state index contributed by atoms with van der Waals surface area (Å²) < 4.78 is 5.98. The minimum atomic E-state index is 0.421. The van der Waals surface area contributed by atoms with Crippen LogP contribution in [0.2, 0.25) is 0 Å². The maximum atomic E-state index is 5.98. The third-order valence-corrected chi connectivity index (χ3v) is 4.26. The highest BCUT2D eigenvalue weighted by Gasteiger charge is 2.29. The van der Waals surface area contributed by atoms with E-state index in [1.807, 2.05) is 0 Å². The van der Waals surface area contributed by atoms with Crippen molar-refractivity contribution in [2.75, 3.05) is 19.7 Å². The monoisotopic (exact) mass is 275 g/mol. The molecule has 20 heavy (non-hydrogen) atoms. The van der Waals surface area contributed by atoms with Crippen LogP contribution >= 0.6 is 0 Å². The normalized spacial score (nSPS) is 24.2. The van der Waals surface area contributed by atoms with Gasteiger partial charge in [0.15, 0.2) is 0 Å². The smallest absolute Gasteiger partial charge is 0.0622 e. The Kier molecular flexibility index (Phi) is 6.06. The summed E-state index contributed by atoms with van der Waals surface area (Å²) in [6, 6.07) is 10.8. The molecule has 2 nitrogen and oxygen atoms in total. The second kappa shape index (κ2) is 7.80. The van der Waals surface area contributed by atoms with E-state index in [9.17, 15) is 0 Å². The van der Waals surface area contributed by atoms with Crippen LogP contribution in [0.25, 0.3) is 0 Å². The van der Waals surface area contributed by atoms with Crippen LogP contribution in [-0.2, 0) is 4.74 Å². The maximum Gasteiger partial charge on any atom is 0.0622 e. The molecule has 1 aromatic carbocycles. The summed E-state index contributed by atoms with van der Waals surface area (Å²) in [5.74, 6) is 1.98. The van der Waals surface area contributed by atoms with Crippen molar-refractivity contribution >= 4 is 0 Å². The first-order valence-corrected chi connectivity index (χ1v) is 8.04. The molecule has 0 saturated carbocycles. The minimum absolute atomic E-state index is 0.421. The first kappa shape index (κ1) is 15.5. The standard InChI is InChI=1S/C18H29NO/c1-14(2)12-19-13-17-9-10-20-18(17)11-15(3)16-7-5-4-6-8-16/h4-8,14-15,17-19H,9-13H2,1-3H3. The van der Waals surface area contributed by atoms with Crippen molar-refractivity contribution in [3.05, 3.63) is 35.9 Å². The van der Waals surface area contributed by atoms with Crippen molar-refractivity contribution in [3.8, 4) is 0 Å². The lowest BCUT2D eigenvalue weighted by molar-refractivity contribution is 0.0782. The van der Waals surface area contributed by atoms with Gasteiger partial charge in [-0.05, 0) is 42.7 Å². The zero-order chi connectivity index (χ0) is 14.4. The van der Waals surface area contributed by atoms with Crippen LogP contribution in [0, 0.1) is 11.8 Å². The second-order valence-corrected chi connectivity index (χ2v) is 6.56. The number of hydrogen-bond acceptors (Lipinski definition) is 2. The maximum absolute atomic E-state index is 5.98. The molecule has 0 aliphatic carbocycles. The molecule has 0 amide bonds. The summed E-state index contributed by atoms with van der Waals surface area (Å²) in [6.07, 6.45) is 2.76. The van der Waals surface area contributed by atoms with Crippen molar-refractivity contribution in [2.24, 2.45) is 11.8 Å².